The molecule has 0 radical (unpaired) electrons. The smallest absolute Gasteiger partial charge is 0.317 e. The minimum absolute atomic E-state index is 0.175. The fraction of sp³-hybridized carbons (Fsp3) is 0.818. The summed E-state index contributed by atoms with van der Waals surface area (Å²) < 4.78 is 5.18. The van der Waals surface area contributed by atoms with Gasteiger partial charge in [0.05, 0.1) is 19.3 Å². The summed E-state index contributed by atoms with van der Waals surface area (Å²) in [4.78, 5) is 24.6. The highest BCUT2D eigenvalue weighted by Gasteiger charge is 2.39. The number of carbonyl (C=O) groups excluding carboxylic acids is 1. The van der Waals surface area contributed by atoms with E-state index in [-0.39, 0.29) is 18.7 Å². The summed E-state index contributed by atoms with van der Waals surface area (Å²) in [6.45, 7) is 3.37. The van der Waals surface area contributed by atoms with E-state index in [0.29, 0.717) is 19.7 Å². The molecule has 1 aliphatic heterocycles. The van der Waals surface area contributed by atoms with Gasteiger partial charge in [0.2, 0.25) is 0 Å². The molecule has 0 aromatic heterocycles. The van der Waals surface area contributed by atoms with Gasteiger partial charge in [-0.15, -0.1) is 0 Å². The molecule has 0 saturated carbocycles. The molecule has 0 aromatic carbocycles. The van der Waals surface area contributed by atoms with Gasteiger partial charge in [-0.2, -0.15) is 11.8 Å². The number of aliphatic carboxylic acids is 1. The number of ether oxygens (including phenoxy) is 1. The second-order valence-corrected chi connectivity index (χ2v) is 5.05. The SMILES string of the molecule is CCN(C(=O)NCCSC)C1COCC1C(=O)O. The lowest BCUT2D eigenvalue weighted by Crippen LogP contribution is -2.50. The third-order valence-electron chi connectivity index (χ3n) is 2.95. The average Bonchev–Trinajstić information content (AvgIpc) is 2.79. The Morgan fingerprint density at radius 2 is 2.22 bits per heavy atom. The van der Waals surface area contributed by atoms with Crippen LogP contribution in [0.5, 0.6) is 0 Å². The van der Waals surface area contributed by atoms with Gasteiger partial charge in [0.1, 0.15) is 5.92 Å². The van der Waals surface area contributed by atoms with Gasteiger partial charge in [0.25, 0.3) is 0 Å². The number of nitrogens with zero attached hydrogens (tertiary/aromatic N) is 1. The van der Waals surface area contributed by atoms with Gasteiger partial charge in [-0.25, -0.2) is 4.79 Å². The number of carboxylic acid groups (broad SMARTS) is 1. The van der Waals surface area contributed by atoms with Crippen LogP contribution in [0.15, 0.2) is 0 Å². The van der Waals surface area contributed by atoms with Crippen LogP contribution < -0.4 is 5.32 Å². The van der Waals surface area contributed by atoms with Crippen LogP contribution in [-0.4, -0.2) is 66.4 Å². The van der Waals surface area contributed by atoms with Crippen molar-refractivity contribution in [2.24, 2.45) is 5.92 Å². The molecule has 18 heavy (non-hydrogen) atoms. The number of hydrogen-bond acceptors (Lipinski definition) is 4. The zero-order valence-corrected chi connectivity index (χ0v) is 11.5. The van der Waals surface area contributed by atoms with Gasteiger partial charge in [-0.05, 0) is 13.2 Å². The molecule has 1 saturated heterocycles. The lowest BCUT2D eigenvalue weighted by Gasteiger charge is -2.29. The van der Waals surface area contributed by atoms with Crippen molar-refractivity contribution in [3.05, 3.63) is 0 Å². The van der Waals surface area contributed by atoms with Gasteiger partial charge < -0.3 is 20.1 Å². The van der Waals surface area contributed by atoms with Crippen LogP contribution >= 0.6 is 11.8 Å². The number of thioether (sulfide) groups is 1. The normalized spacial score (nSPS) is 22.8. The van der Waals surface area contributed by atoms with Crippen molar-refractivity contribution in [2.75, 3.05) is 38.3 Å². The number of urea groups is 1. The van der Waals surface area contributed by atoms with E-state index in [0.717, 1.165) is 5.75 Å². The second-order valence-electron chi connectivity index (χ2n) is 4.06. The lowest BCUT2D eigenvalue weighted by atomic mass is 10.0. The fourth-order valence-corrected chi connectivity index (χ4v) is 2.28. The molecule has 0 bridgehead atoms. The van der Waals surface area contributed by atoms with Crippen LogP contribution in [0.3, 0.4) is 0 Å². The monoisotopic (exact) mass is 276 g/mol. The molecule has 0 spiro atoms. The predicted molar refractivity (Wildman–Crippen MR) is 69.9 cm³/mol. The molecule has 0 aliphatic carbocycles. The number of hydrogen-bond donors (Lipinski definition) is 2. The topological polar surface area (TPSA) is 78.9 Å². The Balaban J connectivity index is 2.58. The summed E-state index contributed by atoms with van der Waals surface area (Å²) in [6, 6.07) is -0.588. The molecular weight excluding hydrogens is 256 g/mol. The molecular formula is C11H20N2O4S. The van der Waals surface area contributed by atoms with Crippen molar-refractivity contribution in [3.8, 4) is 0 Å². The maximum absolute atomic E-state index is 12.0. The first-order chi connectivity index (χ1) is 8.61. The molecule has 2 atom stereocenters. The molecule has 104 valence electrons. The number of nitrogens with one attached hydrogen (secondary N) is 1. The molecule has 6 nitrogen and oxygen atoms in total. The minimum atomic E-state index is -0.909. The maximum atomic E-state index is 12.0. The van der Waals surface area contributed by atoms with E-state index < -0.39 is 11.9 Å². The summed E-state index contributed by atoms with van der Waals surface area (Å²) >= 11 is 1.65. The number of carbonyl (C=O) groups is 2. The van der Waals surface area contributed by atoms with Crippen LogP contribution in [0.25, 0.3) is 0 Å². The molecule has 0 aromatic rings. The Bertz CT molecular complexity index is 301. The zero-order valence-electron chi connectivity index (χ0n) is 10.7. The largest absolute Gasteiger partial charge is 0.481 e. The molecule has 2 amide bonds. The van der Waals surface area contributed by atoms with Crippen LogP contribution in [-0.2, 0) is 9.53 Å². The molecule has 2 N–H and O–H groups in total. The zero-order chi connectivity index (χ0) is 13.5. The summed E-state index contributed by atoms with van der Waals surface area (Å²) in [5, 5.41) is 11.9. The average molecular weight is 276 g/mol. The van der Waals surface area contributed by atoms with Crippen molar-refractivity contribution in [3.63, 3.8) is 0 Å². The van der Waals surface area contributed by atoms with E-state index in [1.165, 1.54) is 0 Å². The van der Waals surface area contributed by atoms with Gasteiger partial charge in [-0.1, -0.05) is 0 Å². The van der Waals surface area contributed by atoms with E-state index in [1.54, 1.807) is 16.7 Å². The van der Waals surface area contributed by atoms with Crippen molar-refractivity contribution < 1.29 is 19.4 Å². The van der Waals surface area contributed by atoms with E-state index in [1.807, 2.05) is 13.2 Å². The van der Waals surface area contributed by atoms with Crippen LogP contribution in [0.2, 0.25) is 0 Å². The third-order valence-corrected chi connectivity index (χ3v) is 3.56. The van der Waals surface area contributed by atoms with Gasteiger partial charge in [0, 0.05) is 18.8 Å². The Morgan fingerprint density at radius 3 is 2.78 bits per heavy atom. The predicted octanol–water partition coefficient (Wildman–Crippen LogP) is 0.480. The van der Waals surface area contributed by atoms with E-state index in [4.69, 9.17) is 9.84 Å². The van der Waals surface area contributed by atoms with Crippen molar-refractivity contribution in [1.29, 1.82) is 0 Å². The standard InChI is InChI=1S/C11H20N2O4S/c1-3-13(11(16)12-4-5-18-2)9-7-17-6-8(9)10(14)15/h8-9H,3-7H2,1-2H3,(H,12,16)(H,14,15). The number of likely N-dealkylation sites (N-methyl/N-ethyl adjacent to an activating group) is 1. The van der Waals surface area contributed by atoms with Crippen LogP contribution in [0, 0.1) is 5.92 Å². The Labute approximate surface area is 111 Å². The Morgan fingerprint density at radius 1 is 1.50 bits per heavy atom. The number of amides is 2. The summed E-state index contributed by atoms with van der Waals surface area (Å²) in [5.41, 5.74) is 0. The summed E-state index contributed by atoms with van der Waals surface area (Å²) in [6.07, 6.45) is 1.97. The highest BCUT2D eigenvalue weighted by molar-refractivity contribution is 7.98. The van der Waals surface area contributed by atoms with Crippen LogP contribution in [0.1, 0.15) is 6.92 Å². The molecule has 1 rings (SSSR count). The van der Waals surface area contributed by atoms with Gasteiger partial charge in [-0.3, -0.25) is 4.79 Å². The first-order valence-electron chi connectivity index (χ1n) is 5.95. The van der Waals surface area contributed by atoms with E-state index >= 15 is 0 Å². The first kappa shape index (κ1) is 15.1. The molecule has 1 fully saturated rings. The number of carboxylic acids is 1. The van der Waals surface area contributed by atoms with E-state index in [2.05, 4.69) is 5.32 Å². The lowest BCUT2D eigenvalue weighted by molar-refractivity contribution is -0.142. The Hall–Kier alpha value is -0.950. The van der Waals surface area contributed by atoms with Gasteiger partial charge >= 0.3 is 12.0 Å². The van der Waals surface area contributed by atoms with Crippen LogP contribution in [0.4, 0.5) is 4.79 Å². The Kier molecular flexibility index (Phi) is 6.28. The molecule has 1 aliphatic rings. The van der Waals surface area contributed by atoms with Gasteiger partial charge in [0.15, 0.2) is 0 Å². The first-order valence-corrected chi connectivity index (χ1v) is 7.35. The fourth-order valence-electron chi connectivity index (χ4n) is 1.98. The molecule has 7 heteroatoms. The van der Waals surface area contributed by atoms with Crippen molar-refractivity contribution in [1.82, 2.24) is 10.2 Å². The van der Waals surface area contributed by atoms with Crippen molar-refractivity contribution >= 4 is 23.8 Å². The summed E-state index contributed by atoms with van der Waals surface area (Å²) in [7, 11) is 0. The molecule has 1 heterocycles. The highest BCUT2D eigenvalue weighted by atomic mass is 32.2. The molecule has 2 unspecified atom stereocenters. The second kappa shape index (κ2) is 7.48. The minimum Gasteiger partial charge on any atom is -0.481 e. The van der Waals surface area contributed by atoms with Crippen molar-refractivity contribution in [2.45, 2.75) is 13.0 Å². The van der Waals surface area contributed by atoms with E-state index in [9.17, 15) is 9.59 Å². The third kappa shape index (κ3) is 3.78. The highest BCUT2D eigenvalue weighted by Crippen LogP contribution is 2.20. The number of rotatable bonds is 6. The summed E-state index contributed by atoms with van der Waals surface area (Å²) in [5.74, 6) is -0.698. The quantitative estimate of drug-likeness (QED) is 0.690. The maximum Gasteiger partial charge on any atom is 0.317 e.